The SMILES string of the molecule is CCN(CC)S(=O)(=O)c1ccc2c(c1)C[C@@H](C(=O)NCc1ccccc1)N2C(C)=O. The van der Waals surface area contributed by atoms with Crippen molar-refractivity contribution in [1.82, 2.24) is 9.62 Å². The van der Waals surface area contributed by atoms with Crippen LogP contribution in [0.2, 0.25) is 0 Å². The molecule has 0 bridgehead atoms. The van der Waals surface area contributed by atoms with Gasteiger partial charge in [0.15, 0.2) is 0 Å². The standard InChI is InChI=1S/C22H27N3O4S/c1-4-24(5-2)30(28,29)19-11-12-20-18(13-19)14-21(25(20)16(3)26)22(27)23-15-17-9-7-6-8-10-17/h6-13,21H,4-5,14-15H2,1-3H3,(H,23,27)/t21-/m0/s1. The van der Waals surface area contributed by atoms with Crippen molar-refractivity contribution in [3.63, 3.8) is 0 Å². The molecule has 2 aromatic rings. The normalized spacial score (nSPS) is 15.9. The van der Waals surface area contributed by atoms with Crippen LogP contribution in [0.5, 0.6) is 0 Å². The van der Waals surface area contributed by atoms with Crippen molar-refractivity contribution >= 4 is 27.5 Å². The molecule has 30 heavy (non-hydrogen) atoms. The van der Waals surface area contributed by atoms with Crippen molar-refractivity contribution in [1.29, 1.82) is 0 Å². The maximum Gasteiger partial charge on any atom is 0.243 e. The average molecular weight is 430 g/mol. The van der Waals surface area contributed by atoms with Gasteiger partial charge in [-0.15, -0.1) is 0 Å². The van der Waals surface area contributed by atoms with E-state index in [0.717, 1.165) is 5.56 Å². The molecule has 1 heterocycles. The topological polar surface area (TPSA) is 86.8 Å². The third-order valence-electron chi connectivity index (χ3n) is 5.33. The van der Waals surface area contributed by atoms with Gasteiger partial charge in [-0.1, -0.05) is 44.2 Å². The summed E-state index contributed by atoms with van der Waals surface area (Å²) in [6.45, 7) is 6.10. The number of hydrogen-bond acceptors (Lipinski definition) is 4. The second-order valence-corrected chi connectivity index (χ2v) is 9.13. The van der Waals surface area contributed by atoms with E-state index in [-0.39, 0.29) is 23.1 Å². The highest BCUT2D eigenvalue weighted by Crippen LogP contribution is 2.35. The molecule has 1 aliphatic heterocycles. The van der Waals surface area contributed by atoms with Crippen LogP contribution in [0.1, 0.15) is 31.9 Å². The zero-order valence-electron chi connectivity index (χ0n) is 17.5. The van der Waals surface area contributed by atoms with E-state index in [4.69, 9.17) is 0 Å². The molecule has 0 saturated heterocycles. The number of anilines is 1. The van der Waals surface area contributed by atoms with E-state index in [0.29, 0.717) is 30.9 Å². The second kappa shape index (κ2) is 8.97. The van der Waals surface area contributed by atoms with Crippen molar-refractivity contribution in [3.8, 4) is 0 Å². The van der Waals surface area contributed by atoms with Crippen molar-refractivity contribution in [2.24, 2.45) is 0 Å². The van der Waals surface area contributed by atoms with Crippen LogP contribution in [0.3, 0.4) is 0 Å². The molecule has 0 spiro atoms. The van der Waals surface area contributed by atoms with Crippen LogP contribution >= 0.6 is 0 Å². The summed E-state index contributed by atoms with van der Waals surface area (Å²) in [5, 5.41) is 2.88. The quantitative estimate of drug-likeness (QED) is 0.732. The molecular weight excluding hydrogens is 402 g/mol. The van der Waals surface area contributed by atoms with Gasteiger partial charge in [0.1, 0.15) is 6.04 Å². The van der Waals surface area contributed by atoms with Crippen LogP contribution in [-0.4, -0.2) is 43.7 Å². The number of hydrogen-bond donors (Lipinski definition) is 1. The first-order valence-corrected chi connectivity index (χ1v) is 11.5. The summed E-state index contributed by atoms with van der Waals surface area (Å²) in [5.74, 6) is -0.522. The third kappa shape index (κ3) is 4.24. The van der Waals surface area contributed by atoms with Crippen molar-refractivity contribution < 1.29 is 18.0 Å². The maximum absolute atomic E-state index is 12.9. The van der Waals surface area contributed by atoms with Crippen molar-refractivity contribution in [3.05, 3.63) is 59.7 Å². The van der Waals surface area contributed by atoms with Gasteiger partial charge in [-0.05, 0) is 29.3 Å². The minimum Gasteiger partial charge on any atom is -0.350 e. The van der Waals surface area contributed by atoms with E-state index < -0.39 is 16.1 Å². The Balaban J connectivity index is 1.85. The lowest BCUT2D eigenvalue weighted by atomic mass is 10.1. The Bertz CT molecular complexity index is 1030. The lowest BCUT2D eigenvalue weighted by Crippen LogP contribution is -2.47. The van der Waals surface area contributed by atoms with Gasteiger partial charge in [0, 0.05) is 38.7 Å². The minimum absolute atomic E-state index is 0.179. The predicted octanol–water partition coefficient (Wildman–Crippen LogP) is 2.31. The van der Waals surface area contributed by atoms with Crippen LogP contribution in [0.4, 0.5) is 5.69 Å². The highest BCUT2D eigenvalue weighted by atomic mass is 32.2. The molecule has 3 rings (SSSR count). The molecule has 0 aliphatic carbocycles. The van der Waals surface area contributed by atoms with E-state index in [2.05, 4.69) is 5.32 Å². The smallest absolute Gasteiger partial charge is 0.243 e. The lowest BCUT2D eigenvalue weighted by Gasteiger charge is -2.23. The summed E-state index contributed by atoms with van der Waals surface area (Å²) in [6.07, 6.45) is 0.275. The average Bonchev–Trinajstić information content (AvgIpc) is 3.12. The molecule has 0 radical (unpaired) electrons. The van der Waals surface area contributed by atoms with Crippen molar-refractivity contribution in [2.75, 3.05) is 18.0 Å². The van der Waals surface area contributed by atoms with Gasteiger partial charge in [-0.25, -0.2) is 8.42 Å². The summed E-state index contributed by atoms with van der Waals surface area (Å²) < 4.78 is 27.1. The predicted molar refractivity (Wildman–Crippen MR) is 115 cm³/mol. The first-order valence-electron chi connectivity index (χ1n) is 10.0. The molecule has 1 N–H and O–H groups in total. The molecule has 0 fully saturated rings. The zero-order chi connectivity index (χ0) is 21.9. The van der Waals surface area contributed by atoms with Crippen LogP contribution in [0, 0.1) is 0 Å². The van der Waals surface area contributed by atoms with Crippen LogP contribution in [-0.2, 0) is 32.6 Å². The molecule has 0 saturated carbocycles. The molecule has 8 heteroatoms. The van der Waals surface area contributed by atoms with Gasteiger partial charge < -0.3 is 5.32 Å². The van der Waals surface area contributed by atoms with E-state index in [1.54, 1.807) is 26.0 Å². The fourth-order valence-corrected chi connectivity index (χ4v) is 5.31. The van der Waals surface area contributed by atoms with E-state index in [1.165, 1.54) is 22.2 Å². The number of amides is 2. The summed E-state index contributed by atoms with van der Waals surface area (Å²) >= 11 is 0. The largest absolute Gasteiger partial charge is 0.350 e. The molecular formula is C22H27N3O4S. The Hall–Kier alpha value is -2.71. The summed E-state index contributed by atoms with van der Waals surface area (Å²) in [7, 11) is -3.62. The number of carbonyl (C=O) groups excluding carboxylic acids is 2. The molecule has 160 valence electrons. The number of rotatable bonds is 7. The highest BCUT2D eigenvalue weighted by Gasteiger charge is 2.37. The number of carbonyl (C=O) groups is 2. The fourth-order valence-electron chi connectivity index (χ4n) is 3.80. The minimum atomic E-state index is -3.62. The van der Waals surface area contributed by atoms with Gasteiger partial charge in [-0.3, -0.25) is 14.5 Å². The number of nitrogens with one attached hydrogen (secondary N) is 1. The summed E-state index contributed by atoms with van der Waals surface area (Å²) in [6, 6.07) is 13.5. The number of benzene rings is 2. The third-order valence-corrected chi connectivity index (χ3v) is 7.38. The first kappa shape index (κ1) is 22.0. The Morgan fingerprint density at radius 2 is 1.77 bits per heavy atom. The Morgan fingerprint density at radius 3 is 2.37 bits per heavy atom. The molecule has 7 nitrogen and oxygen atoms in total. The van der Waals surface area contributed by atoms with Gasteiger partial charge in [0.25, 0.3) is 0 Å². The van der Waals surface area contributed by atoms with Crippen LogP contribution in [0.15, 0.2) is 53.4 Å². The summed E-state index contributed by atoms with van der Waals surface area (Å²) in [5.41, 5.74) is 2.22. The van der Waals surface area contributed by atoms with E-state index >= 15 is 0 Å². The van der Waals surface area contributed by atoms with Crippen LogP contribution < -0.4 is 10.2 Å². The lowest BCUT2D eigenvalue weighted by molar-refractivity contribution is -0.125. The second-order valence-electron chi connectivity index (χ2n) is 7.19. The first-order chi connectivity index (χ1) is 14.3. The van der Waals surface area contributed by atoms with Gasteiger partial charge >= 0.3 is 0 Å². The van der Waals surface area contributed by atoms with E-state index in [9.17, 15) is 18.0 Å². The Kier molecular flexibility index (Phi) is 6.58. The monoisotopic (exact) mass is 429 g/mol. The molecule has 0 aromatic heterocycles. The molecule has 0 unspecified atom stereocenters. The Labute approximate surface area is 177 Å². The van der Waals surface area contributed by atoms with Gasteiger partial charge in [0.2, 0.25) is 21.8 Å². The van der Waals surface area contributed by atoms with E-state index in [1.807, 2.05) is 30.3 Å². The maximum atomic E-state index is 12.9. The fraction of sp³-hybridized carbons (Fsp3) is 0.364. The molecule has 2 amide bonds. The number of fused-ring (bicyclic) bond motifs is 1. The van der Waals surface area contributed by atoms with Gasteiger partial charge in [-0.2, -0.15) is 4.31 Å². The zero-order valence-corrected chi connectivity index (χ0v) is 18.3. The number of nitrogens with zero attached hydrogens (tertiary/aromatic N) is 2. The molecule has 2 aromatic carbocycles. The Morgan fingerprint density at radius 1 is 1.10 bits per heavy atom. The number of sulfonamides is 1. The van der Waals surface area contributed by atoms with Gasteiger partial charge in [0.05, 0.1) is 4.90 Å². The summed E-state index contributed by atoms with van der Waals surface area (Å²) in [4.78, 5) is 26.8. The van der Waals surface area contributed by atoms with Crippen molar-refractivity contribution in [2.45, 2.75) is 44.7 Å². The highest BCUT2D eigenvalue weighted by molar-refractivity contribution is 7.89. The van der Waals surface area contributed by atoms with Crippen LogP contribution in [0.25, 0.3) is 0 Å². The molecule has 1 aliphatic rings. The molecule has 1 atom stereocenters.